The van der Waals surface area contributed by atoms with Crippen molar-refractivity contribution in [2.45, 2.75) is 26.7 Å². The first-order chi connectivity index (χ1) is 5.85. The Morgan fingerprint density at radius 1 is 1.25 bits per heavy atom. The van der Waals surface area contributed by atoms with Gasteiger partial charge in [0.25, 0.3) is 0 Å². The molecule has 0 aromatic rings. The zero-order valence-corrected chi connectivity index (χ0v) is 8.98. The molecule has 72 valence electrons. The summed E-state index contributed by atoms with van der Waals surface area (Å²) < 4.78 is 10.9. The molecule has 0 saturated heterocycles. The molecule has 0 amide bonds. The van der Waals surface area contributed by atoms with Crippen LogP contribution in [0.1, 0.15) is 26.7 Å². The second-order valence-electron chi connectivity index (χ2n) is 2.32. The van der Waals surface area contributed by atoms with Crippen LogP contribution in [0.15, 0.2) is 12.7 Å². The van der Waals surface area contributed by atoms with E-state index in [9.17, 15) is 0 Å². The third-order valence-electron chi connectivity index (χ3n) is 1.30. The third-order valence-corrected chi connectivity index (χ3v) is 3.07. The van der Waals surface area contributed by atoms with E-state index in [4.69, 9.17) is 9.05 Å². The van der Waals surface area contributed by atoms with Crippen LogP contribution in [0, 0.1) is 0 Å². The Balaban J connectivity index is 3.40. The van der Waals surface area contributed by atoms with Crippen LogP contribution in [0.2, 0.25) is 0 Å². The predicted molar refractivity (Wildman–Crippen MR) is 54.5 cm³/mol. The summed E-state index contributed by atoms with van der Waals surface area (Å²) in [7, 11) is -0.620. The number of hydrogen-bond donors (Lipinski definition) is 0. The smallest absolute Gasteiger partial charge is 0.170 e. The van der Waals surface area contributed by atoms with Gasteiger partial charge >= 0.3 is 0 Å². The summed E-state index contributed by atoms with van der Waals surface area (Å²) in [5.41, 5.74) is 0. The summed E-state index contributed by atoms with van der Waals surface area (Å²) in [6.45, 7) is 9.18. The van der Waals surface area contributed by atoms with E-state index in [2.05, 4.69) is 6.58 Å². The van der Waals surface area contributed by atoms with Crippen LogP contribution in [0.3, 0.4) is 0 Å². The van der Waals surface area contributed by atoms with Gasteiger partial charge in [-0.2, -0.15) is 0 Å². The summed E-state index contributed by atoms with van der Waals surface area (Å²) in [5, 5.41) is 0. The van der Waals surface area contributed by atoms with Crippen LogP contribution in [-0.4, -0.2) is 19.4 Å². The molecule has 0 aliphatic heterocycles. The van der Waals surface area contributed by atoms with Gasteiger partial charge in [0.2, 0.25) is 0 Å². The van der Waals surface area contributed by atoms with Gasteiger partial charge in [0.05, 0.1) is 13.2 Å². The number of unbranched alkanes of at least 4 members (excludes halogenated alkanes) is 1. The van der Waals surface area contributed by atoms with Crippen molar-refractivity contribution in [1.29, 1.82) is 0 Å². The lowest BCUT2D eigenvalue weighted by atomic mass is 10.3. The van der Waals surface area contributed by atoms with Crippen molar-refractivity contribution in [3.05, 3.63) is 12.7 Å². The van der Waals surface area contributed by atoms with Gasteiger partial charge in [0.15, 0.2) is 8.38 Å². The lowest BCUT2D eigenvalue weighted by Gasteiger charge is -2.14. The highest BCUT2D eigenvalue weighted by Crippen LogP contribution is 2.38. The molecule has 0 atom stereocenters. The fourth-order valence-electron chi connectivity index (χ4n) is 0.819. The van der Waals surface area contributed by atoms with E-state index in [1.807, 2.05) is 19.9 Å². The van der Waals surface area contributed by atoms with Gasteiger partial charge in [-0.3, -0.25) is 0 Å². The minimum Gasteiger partial charge on any atom is -0.334 e. The van der Waals surface area contributed by atoms with Crippen molar-refractivity contribution in [2.75, 3.05) is 19.4 Å². The van der Waals surface area contributed by atoms with E-state index in [0.717, 1.165) is 32.2 Å². The second-order valence-corrected chi connectivity index (χ2v) is 3.95. The molecule has 0 bridgehead atoms. The standard InChI is InChI=1S/C9H19O2P/c1-4-7-8-9-12(10-5-2)11-6-3/h4H,1,5-9H2,2-3H3. The van der Waals surface area contributed by atoms with Crippen LogP contribution in [-0.2, 0) is 9.05 Å². The maximum Gasteiger partial charge on any atom is 0.170 e. The van der Waals surface area contributed by atoms with E-state index in [1.54, 1.807) is 0 Å². The Labute approximate surface area is 76.9 Å². The summed E-state index contributed by atoms with van der Waals surface area (Å²) in [6, 6.07) is 0. The molecular weight excluding hydrogens is 171 g/mol. The summed E-state index contributed by atoms with van der Waals surface area (Å²) in [5.74, 6) is 0. The van der Waals surface area contributed by atoms with E-state index in [0.29, 0.717) is 0 Å². The SMILES string of the molecule is C=CCCCP(OCC)OCC. The zero-order chi connectivity index (χ0) is 9.23. The Kier molecular flexibility index (Phi) is 9.25. The van der Waals surface area contributed by atoms with E-state index in [-0.39, 0.29) is 0 Å². The summed E-state index contributed by atoms with van der Waals surface area (Å²) in [4.78, 5) is 0. The second kappa shape index (κ2) is 9.18. The van der Waals surface area contributed by atoms with Gasteiger partial charge in [0.1, 0.15) is 0 Å². The van der Waals surface area contributed by atoms with Crippen molar-refractivity contribution in [1.82, 2.24) is 0 Å². The summed E-state index contributed by atoms with van der Waals surface area (Å²) in [6.07, 6.45) is 5.14. The predicted octanol–water partition coefficient (Wildman–Crippen LogP) is 3.34. The number of hydrogen-bond acceptors (Lipinski definition) is 2. The first-order valence-corrected chi connectivity index (χ1v) is 5.85. The van der Waals surface area contributed by atoms with Crippen LogP contribution >= 0.6 is 8.38 Å². The Morgan fingerprint density at radius 3 is 2.25 bits per heavy atom. The lowest BCUT2D eigenvalue weighted by Crippen LogP contribution is -1.94. The Hall–Kier alpha value is 0.0900. The van der Waals surface area contributed by atoms with Crippen LogP contribution < -0.4 is 0 Å². The molecule has 0 fully saturated rings. The van der Waals surface area contributed by atoms with Crippen LogP contribution in [0.5, 0.6) is 0 Å². The molecule has 0 aliphatic carbocycles. The first kappa shape index (κ1) is 12.1. The van der Waals surface area contributed by atoms with Crippen LogP contribution in [0.25, 0.3) is 0 Å². The van der Waals surface area contributed by atoms with E-state index < -0.39 is 8.38 Å². The van der Waals surface area contributed by atoms with Gasteiger partial charge in [-0.25, -0.2) is 0 Å². The molecule has 0 aliphatic rings. The first-order valence-electron chi connectivity index (χ1n) is 4.49. The molecule has 0 aromatic heterocycles. The Bertz CT molecular complexity index is 101. The fraction of sp³-hybridized carbons (Fsp3) is 0.778. The largest absolute Gasteiger partial charge is 0.334 e. The fourth-order valence-corrected chi connectivity index (χ4v) is 2.17. The molecule has 0 aromatic carbocycles. The maximum absolute atomic E-state index is 5.44. The quantitative estimate of drug-likeness (QED) is 0.332. The normalized spacial score (nSPS) is 10.6. The highest BCUT2D eigenvalue weighted by molar-refractivity contribution is 7.47. The van der Waals surface area contributed by atoms with Gasteiger partial charge < -0.3 is 9.05 Å². The van der Waals surface area contributed by atoms with E-state index >= 15 is 0 Å². The van der Waals surface area contributed by atoms with Gasteiger partial charge in [-0.1, -0.05) is 6.08 Å². The van der Waals surface area contributed by atoms with Gasteiger partial charge in [-0.15, -0.1) is 6.58 Å². The molecule has 0 saturated carbocycles. The molecular formula is C9H19O2P. The minimum atomic E-state index is -0.620. The van der Waals surface area contributed by atoms with Crippen molar-refractivity contribution in [2.24, 2.45) is 0 Å². The van der Waals surface area contributed by atoms with Crippen molar-refractivity contribution >= 4 is 8.38 Å². The molecule has 3 heteroatoms. The van der Waals surface area contributed by atoms with Crippen molar-refractivity contribution in [3.8, 4) is 0 Å². The van der Waals surface area contributed by atoms with E-state index in [1.165, 1.54) is 0 Å². The summed E-state index contributed by atoms with van der Waals surface area (Å²) >= 11 is 0. The minimum absolute atomic E-state index is 0.620. The number of rotatable bonds is 8. The van der Waals surface area contributed by atoms with Crippen molar-refractivity contribution in [3.63, 3.8) is 0 Å². The van der Waals surface area contributed by atoms with Gasteiger partial charge in [-0.05, 0) is 26.7 Å². The van der Waals surface area contributed by atoms with Gasteiger partial charge in [0, 0.05) is 6.16 Å². The molecule has 0 radical (unpaired) electrons. The lowest BCUT2D eigenvalue weighted by molar-refractivity contribution is 0.269. The number of allylic oxidation sites excluding steroid dienone is 1. The Morgan fingerprint density at radius 2 is 1.83 bits per heavy atom. The molecule has 0 N–H and O–H groups in total. The third kappa shape index (κ3) is 6.78. The molecule has 0 unspecified atom stereocenters. The average molecular weight is 190 g/mol. The topological polar surface area (TPSA) is 18.5 Å². The highest BCUT2D eigenvalue weighted by Gasteiger charge is 2.06. The average Bonchev–Trinajstić information content (AvgIpc) is 2.06. The molecule has 12 heavy (non-hydrogen) atoms. The molecule has 2 nitrogen and oxygen atoms in total. The monoisotopic (exact) mass is 190 g/mol. The van der Waals surface area contributed by atoms with Crippen molar-refractivity contribution < 1.29 is 9.05 Å². The molecule has 0 rings (SSSR count). The highest BCUT2D eigenvalue weighted by atomic mass is 31.2. The molecule has 0 spiro atoms. The zero-order valence-electron chi connectivity index (χ0n) is 8.08. The maximum atomic E-state index is 5.44. The molecule has 0 heterocycles. The van der Waals surface area contributed by atoms with Crippen LogP contribution in [0.4, 0.5) is 0 Å².